The lowest BCUT2D eigenvalue weighted by molar-refractivity contribution is 0.123. The zero-order chi connectivity index (χ0) is 16.3. The van der Waals surface area contributed by atoms with E-state index >= 15 is 0 Å². The number of aliphatic hydroxyl groups excluding tert-OH is 1. The molecule has 0 radical (unpaired) electrons. The minimum absolute atomic E-state index is 0.257. The third kappa shape index (κ3) is 3.83. The van der Waals surface area contributed by atoms with Gasteiger partial charge in [0.15, 0.2) is 5.75 Å². The quantitative estimate of drug-likeness (QED) is 0.699. The van der Waals surface area contributed by atoms with E-state index in [0.717, 1.165) is 4.31 Å². The second-order valence-electron chi connectivity index (χ2n) is 5.24. The van der Waals surface area contributed by atoms with Gasteiger partial charge in [0, 0.05) is 27.2 Å². The van der Waals surface area contributed by atoms with Gasteiger partial charge in [-0.1, -0.05) is 0 Å². The fourth-order valence-electron chi connectivity index (χ4n) is 2.13. The number of nitrogens with one attached hydrogen (secondary N) is 1. The molecule has 1 aliphatic rings. The third-order valence-corrected chi connectivity index (χ3v) is 5.06. The zero-order valence-electron chi connectivity index (χ0n) is 12.8. The van der Waals surface area contributed by atoms with Crippen LogP contribution < -0.4 is 14.4 Å². The number of anilines is 1. The highest BCUT2D eigenvalue weighted by molar-refractivity contribution is 7.87. The molecule has 0 spiro atoms. The minimum atomic E-state index is -3.56. The van der Waals surface area contributed by atoms with E-state index in [1.165, 1.54) is 21.2 Å². The van der Waals surface area contributed by atoms with Gasteiger partial charge in [0.2, 0.25) is 5.95 Å². The molecule has 10 heteroatoms. The Morgan fingerprint density at radius 3 is 2.55 bits per heavy atom. The molecule has 1 fully saturated rings. The van der Waals surface area contributed by atoms with Gasteiger partial charge in [0.25, 0.3) is 10.2 Å². The van der Waals surface area contributed by atoms with E-state index in [-0.39, 0.29) is 6.54 Å². The van der Waals surface area contributed by atoms with Gasteiger partial charge in [0.05, 0.1) is 31.6 Å². The van der Waals surface area contributed by atoms with E-state index in [4.69, 9.17) is 4.74 Å². The van der Waals surface area contributed by atoms with Gasteiger partial charge in [-0.15, -0.1) is 0 Å². The Labute approximate surface area is 130 Å². The Kier molecular flexibility index (Phi) is 5.16. The van der Waals surface area contributed by atoms with Crippen LogP contribution in [0.3, 0.4) is 0 Å². The molecule has 9 nitrogen and oxygen atoms in total. The van der Waals surface area contributed by atoms with Crippen LogP contribution >= 0.6 is 0 Å². The molecule has 2 heterocycles. The van der Waals surface area contributed by atoms with Gasteiger partial charge in [-0.25, -0.2) is 9.97 Å². The van der Waals surface area contributed by atoms with Crippen molar-refractivity contribution in [3.63, 3.8) is 0 Å². The van der Waals surface area contributed by atoms with Crippen molar-refractivity contribution in [2.75, 3.05) is 39.2 Å². The van der Waals surface area contributed by atoms with Gasteiger partial charge in [-0.05, 0) is 6.42 Å². The van der Waals surface area contributed by atoms with E-state index in [1.54, 1.807) is 12.4 Å². The second kappa shape index (κ2) is 6.73. The molecular formula is C12H21N5O4S. The number of ether oxygens (including phenoxy) is 1. The first-order valence-electron chi connectivity index (χ1n) is 6.82. The van der Waals surface area contributed by atoms with Crippen LogP contribution in [0, 0.1) is 0 Å². The summed E-state index contributed by atoms with van der Waals surface area (Å²) in [4.78, 5) is 10.1. The summed E-state index contributed by atoms with van der Waals surface area (Å²) in [7, 11) is 0.846. The number of aliphatic hydroxyl groups is 1. The van der Waals surface area contributed by atoms with Gasteiger partial charge < -0.3 is 14.7 Å². The van der Waals surface area contributed by atoms with Gasteiger partial charge in [-0.2, -0.15) is 17.4 Å². The molecule has 2 N–H and O–H groups in total. The predicted molar refractivity (Wildman–Crippen MR) is 81.0 cm³/mol. The van der Waals surface area contributed by atoms with Gasteiger partial charge in [0.1, 0.15) is 0 Å². The summed E-state index contributed by atoms with van der Waals surface area (Å²) < 4.78 is 32.2. The summed E-state index contributed by atoms with van der Waals surface area (Å²) in [6.07, 6.45) is 2.73. The number of aromatic nitrogens is 2. The molecule has 22 heavy (non-hydrogen) atoms. The molecular weight excluding hydrogens is 310 g/mol. The molecule has 1 saturated heterocycles. The first-order chi connectivity index (χ1) is 10.3. The SMILES string of the molecule is COc1cnc(N2CC[C@@H](NS(=O)(=O)N(C)C)[C@H](O)C2)nc1. The number of piperidine rings is 1. The Morgan fingerprint density at radius 2 is 2.05 bits per heavy atom. The van der Waals surface area contributed by atoms with Crippen LogP contribution in [0.15, 0.2) is 12.4 Å². The maximum Gasteiger partial charge on any atom is 0.279 e. The molecule has 0 amide bonds. The van der Waals surface area contributed by atoms with E-state index in [9.17, 15) is 13.5 Å². The predicted octanol–water partition coefficient (Wildman–Crippen LogP) is -1.18. The van der Waals surface area contributed by atoms with E-state index in [0.29, 0.717) is 24.7 Å². The van der Waals surface area contributed by atoms with Crippen LogP contribution in [0.25, 0.3) is 0 Å². The number of nitrogens with zero attached hydrogens (tertiary/aromatic N) is 4. The maximum atomic E-state index is 11.8. The Hall–Kier alpha value is -1.49. The smallest absolute Gasteiger partial charge is 0.279 e. The molecule has 1 aliphatic heterocycles. The number of hydrogen-bond acceptors (Lipinski definition) is 7. The Morgan fingerprint density at radius 1 is 1.41 bits per heavy atom. The van der Waals surface area contributed by atoms with Crippen molar-refractivity contribution in [1.82, 2.24) is 19.0 Å². The summed E-state index contributed by atoms with van der Waals surface area (Å²) >= 11 is 0. The van der Waals surface area contributed by atoms with Crippen LogP contribution in [0.5, 0.6) is 5.75 Å². The first kappa shape index (κ1) is 16.9. The average molecular weight is 331 g/mol. The van der Waals surface area contributed by atoms with E-state index < -0.39 is 22.4 Å². The van der Waals surface area contributed by atoms with Gasteiger partial charge in [-0.3, -0.25) is 0 Å². The molecule has 0 bridgehead atoms. The maximum absolute atomic E-state index is 11.8. The second-order valence-corrected chi connectivity index (χ2v) is 7.15. The normalized spacial score (nSPS) is 22.9. The fraction of sp³-hybridized carbons (Fsp3) is 0.667. The first-order valence-corrected chi connectivity index (χ1v) is 8.26. The van der Waals surface area contributed by atoms with E-state index in [1.807, 2.05) is 4.90 Å². The summed E-state index contributed by atoms with van der Waals surface area (Å²) in [5, 5.41) is 10.2. The molecule has 1 aromatic rings. The van der Waals surface area contributed by atoms with E-state index in [2.05, 4.69) is 14.7 Å². The topological polar surface area (TPSA) is 108 Å². The Bertz CT molecular complexity index is 592. The number of rotatable bonds is 5. The lowest BCUT2D eigenvalue weighted by Gasteiger charge is -2.36. The van der Waals surface area contributed by atoms with Crippen LogP contribution in [0.1, 0.15) is 6.42 Å². The molecule has 124 valence electrons. The molecule has 2 rings (SSSR count). The van der Waals surface area contributed by atoms with Crippen molar-refractivity contribution < 1.29 is 18.3 Å². The number of β-amino-alcohol motifs (C(OH)–C–C–N with tert-alkyl or cyclic N) is 1. The summed E-state index contributed by atoms with van der Waals surface area (Å²) in [5.41, 5.74) is 0. The van der Waals surface area contributed by atoms with Gasteiger partial charge >= 0.3 is 0 Å². The van der Waals surface area contributed by atoms with Crippen LogP contribution in [0.4, 0.5) is 5.95 Å². The summed E-state index contributed by atoms with van der Waals surface area (Å²) in [6.45, 7) is 0.803. The highest BCUT2D eigenvalue weighted by Crippen LogP contribution is 2.18. The van der Waals surface area contributed by atoms with Crippen molar-refractivity contribution >= 4 is 16.2 Å². The number of methoxy groups -OCH3 is 1. The largest absolute Gasteiger partial charge is 0.494 e. The van der Waals surface area contributed by atoms with Crippen molar-refractivity contribution in [3.05, 3.63) is 12.4 Å². The van der Waals surface area contributed by atoms with Crippen LogP contribution in [-0.2, 0) is 10.2 Å². The monoisotopic (exact) mass is 331 g/mol. The third-order valence-electron chi connectivity index (χ3n) is 3.50. The standard InChI is InChI=1S/C12H21N5O4S/c1-16(2)22(19,20)15-10-4-5-17(8-11(10)18)12-13-6-9(21-3)7-14-12/h6-7,10-11,15,18H,4-5,8H2,1-3H3/t10-,11-/m1/s1. The van der Waals surface area contributed by atoms with Crippen LogP contribution in [-0.4, -0.2) is 74.2 Å². The zero-order valence-corrected chi connectivity index (χ0v) is 13.6. The minimum Gasteiger partial charge on any atom is -0.494 e. The highest BCUT2D eigenvalue weighted by atomic mass is 32.2. The lowest BCUT2D eigenvalue weighted by atomic mass is 10.0. The fourth-order valence-corrected chi connectivity index (χ4v) is 2.99. The highest BCUT2D eigenvalue weighted by Gasteiger charge is 2.32. The lowest BCUT2D eigenvalue weighted by Crippen LogP contribution is -2.56. The van der Waals surface area contributed by atoms with Crippen LogP contribution in [0.2, 0.25) is 0 Å². The summed E-state index contributed by atoms with van der Waals surface area (Å²) in [6, 6.07) is -0.526. The van der Waals surface area contributed by atoms with Crippen molar-refractivity contribution in [1.29, 1.82) is 0 Å². The molecule has 0 unspecified atom stereocenters. The number of hydrogen-bond donors (Lipinski definition) is 2. The van der Waals surface area contributed by atoms with Crippen molar-refractivity contribution in [3.8, 4) is 5.75 Å². The molecule has 0 aromatic carbocycles. The molecule has 0 saturated carbocycles. The van der Waals surface area contributed by atoms with Crippen molar-refractivity contribution in [2.45, 2.75) is 18.6 Å². The average Bonchev–Trinajstić information content (AvgIpc) is 2.49. The molecule has 2 atom stereocenters. The summed E-state index contributed by atoms with van der Waals surface area (Å²) in [5.74, 6) is 1.03. The Balaban J connectivity index is 2.00. The molecule has 1 aromatic heterocycles. The molecule has 0 aliphatic carbocycles. The van der Waals surface area contributed by atoms with Crippen molar-refractivity contribution in [2.24, 2.45) is 0 Å².